The standard InChI is InChI=1S/C33H45Cl2N9O2/c1-6-27(45)41-10-8-23(9-11-41)44-21(2)28(29-24-19-37-38-26(24)17-25(34)30(29)35)31(39-44)43-12-7-22(18-33(43,3)4)20-40-13-15-42(16-14-40)32(46)36-5/h6,17,19,22-23H,1,7-16,18,20H2,2-5H3,(H,36,46)(H,37,38)/t22-/m1/s1. The van der Waals surface area contributed by atoms with Crippen LogP contribution in [0, 0.1) is 12.8 Å². The number of rotatable bonds is 6. The minimum atomic E-state index is -0.173. The van der Waals surface area contributed by atoms with Crippen molar-refractivity contribution < 1.29 is 9.59 Å². The number of carbonyl (C=O) groups excluding carboxylic acids is 2. The molecular weight excluding hydrogens is 625 g/mol. The van der Waals surface area contributed by atoms with Crippen LogP contribution in [-0.2, 0) is 4.79 Å². The van der Waals surface area contributed by atoms with Crippen LogP contribution in [0.1, 0.15) is 51.3 Å². The summed E-state index contributed by atoms with van der Waals surface area (Å²) < 4.78 is 2.16. The first-order chi connectivity index (χ1) is 22.0. The second-order valence-corrected chi connectivity index (χ2v) is 14.3. The maximum absolute atomic E-state index is 12.3. The van der Waals surface area contributed by atoms with Gasteiger partial charge in [0.2, 0.25) is 5.91 Å². The Morgan fingerprint density at radius 3 is 2.43 bits per heavy atom. The Labute approximate surface area is 280 Å². The minimum absolute atomic E-state index is 0.00272. The molecule has 13 heteroatoms. The zero-order valence-corrected chi connectivity index (χ0v) is 28.8. The van der Waals surface area contributed by atoms with E-state index in [9.17, 15) is 9.59 Å². The van der Waals surface area contributed by atoms with Gasteiger partial charge < -0.3 is 20.0 Å². The van der Waals surface area contributed by atoms with Gasteiger partial charge in [0.05, 0.1) is 27.8 Å². The number of nitrogens with zero attached hydrogens (tertiary/aromatic N) is 7. The molecular formula is C33H45Cl2N9O2. The number of amides is 3. The molecule has 3 amide bonds. The average Bonchev–Trinajstić information content (AvgIpc) is 3.65. The van der Waals surface area contributed by atoms with Gasteiger partial charge in [-0.05, 0) is 64.5 Å². The van der Waals surface area contributed by atoms with Crippen molar-refractivity contribution in [3.05, 3.63) is 40.7 Å². The van der Waals surface area contributed by atoms with E-state index in [4.69, 9.17) is 28.3 Å². The van der Waals surface area contributed by atoms with Gasteiger partial charge in [-0.25, -0.2) is 4.79 Å². The Hall–Kier alpha value is -3.28. The summed E-state index contributed by atoms with van der Waals surface area (Å²) in [5, 5.41) is 17.4. The van der Waals surface area contributed by atoms with Gasteiger partial charge in [0.25, 0.3) is 0 Å². The first kappa shape index (κ1) is 32.7. The van der Waals surface area contributed by atoms with Crippen LogP contribution in [0.25, 0.3) is 22.0 Å². The Kier molecular flexibility index (Phi) is 9.29. The van der Waals surface area contributed by atoms with Gasteiger partial charge in [-0.1, -0.05) is 29.8 Å². The van der Waals surface area contributed by atoms with E-state index in [-0.39, 0.29) is 23.5 Å². The third kappa shape index (κ3) is 6.09. The lowest BCUT2D eigenvalue weighted by Gasteiger charge is -2.48. The molecule has 3 aromatic rings. The second kappa shape index (κ2) is 13.1. The monoisotopic (exact) mass is 669 g/mol. The van der Waals surface area contributed by atoms with Gasteiger partial charge in [-0.15, -0.1) is 0 Å². The highest BCUT2D eigenvalue weighted by atomic mass is 35.5. The van der Waals surface area contributed by atoms with Crippen LogP contribution in [0.15, 0.2) is 24.9 Å². The van der Waals surface area contributed by atoms with Gasteiger partial charge in [-0.2, -0.15) is 10.2 Å². The molecule has 3 aliphatic heterocycles. The molecule has 0 spiro atoms. The smallest absolute Gasteiger partial charge is 0.317 e. The van der Waals surface area contributed by atoms with Crippen molar-refractivity contribution in [2.75, 3.05) is 64.3 Å². The van der Waals surface area contributed by atoms with Crippen molar-refractivity contribution >= 4 is 51.9 Å². The van der Waals surface area contributed by atoms with Crippen molar-refractivity contribution in [2.45, 2.75) is 58.0 Å². The van der Waals surface area contributed by atoms with Crippen LogP contribution in [-0.4, -0.2) is 112 Å². The molecule has 0 bridgehead atoms. The Bertz CT molecular complexity index is 1620. The SMILES string of the molecule is C=CC(=O)N1CCC(n2nc(N3CC[C@@H](CN4CCN(C(=O)NC)CC4)CC3(C)C)c(-c3c(Cl)c(Cl)cc4[nH]ncc34)c2C)CC1. The number of piperazine rings is 1. The number of benzene rings is 1. The van der Waals surface area contributed by atoms with Crippen LogP contribution in [0.3, 0.4) is 0 Å². The Balaban J connectivity index is 1.31. The number of fused-ring (bicyclic) bond motifs is 1. The third-order valence-corrected chi connectivity index (χ3v) is 11.0. The topological polar surface area (TPSA) is 106 Å². The quantitative estimate of drug-likeness (QED) is 0.343. The Morgan fingerprint density at radius 1 is 1.07 bits per heavy atom. The maximum Gasteiger partial charge on any atom is 0.317 e. The molecule has 0 saturated carbocycles. The summed E-state index contributed by atoms with van der Waals surface area (Å²) in [6, 6.07) is 1.97. The molecule has 3 aliphatic rings. The Morgan fingerprint density at radius 2 is 1.78 bits per heavy atom. The van der Waals surface area contributed by atoms with Crippen molar-refractivity contribution in [1.82, 2.24) is 40.0 Å². The van der Waals surface area contributed by atoms with Gasteiger partial charge in [0, 0.05) is 87.2 Å². The number of carbonyl (C=O) groups is 2. The zero-order valence-electron chi connectivity index (χ0n) is 27.3. The lowest BCUT2D eigenvalue weighted by atomic mass is 9.81. The summed E-state index contributed by atoms with van der Waals surface area (Å²) in [4.78, 5) is 33.1. The number of piperidine rings is 2. The highest BCUT2D eigenvalue weighted by molar-refractivity contribution is 6.45. The molecule has 5 heterocycles. The fourth-order valence-electron chi connectivity index (χ4n) is 7.82. The predicted molar refractivity (Wildman–Crippen MR) is 184 cm³/mol. The second-order valence-electron chi connectivity index (χ2n) is 13.5. The first-order valence-corrected chi connectivity index (χ1v) is 17.1. The minimum Gasteiger partial charge on any atom is -0.349 e. The van der Waals surface area contributed by atoms with Crippen LogP contribution in [0.2, 0.25) is 10.0 Å². The lowest BCUT2D eigenvalue weighted by molar-refractivity contribution is -0.127. The molecule has 3 saturated heterocycles. The summed E-state index contributed by atoms with van der Waals surface area (Å²) >= 11 is 13.7. The number of halogens is 2. The van der Waals surface area contributed by atoms with Crippen molar-refractivity contribution in [3.63, 3.8) is 0 Å². The number of urea groups is 1. The van der Waals surface area contributed by atoms with E-state index in [1.54, 1.807) is 7.05 Å². The van der Waals surface area contributed by atoms with Gasteiger partial charge in [0.15, 0.2) is 5.82 Å². The summed E-state index contributed by atoms with van der Waals surface area (Å²) in [6.07, 6.45) is 6.88. The van der Waals surface area contributed by atoms with E-state index in [2.05, 4.69) is 57.3 Å². The molecule has 0 aliphatic carbocycles. The molecule has 11 nitrogen and oxygen atoms in total. The molecule has 6 rings (SSSR count). The summed E-state index contributed by atoms with van der Waals surface area (Å²) in [5.74, 6) is 1.42. The number of hydrogen-bond donors (Lipinski definition) is 2. The number of aromatic nitrogens is 4. The van der Waals surface area contributed by atoms with Crippen LogP contribution in [0.5, 0.6) is 0 Å². The molecule has 3 fully saturated rings. The number of hydrogen-bond acceptors (Lipinski definition) is 6. The largest absolute Gasteiger partial charge is 0.349 e. The molecule has 1 aromatic carbocycles. The molecule has 2 N–H and O–H groups in total. The fraction of sp³-hybridized carbons (Fsp3) is 0.576. The number of nitrogens with one attached hydrogen (secondary N) is 2. The van der Waals surface area contributed by atoms with E-state index < -0.39 is 0 Å². The van der Waals surface area contributed by atoms with Crippen molar-refractivity contribution in [3.8, 4) is 11.1 Å². The molecule has 2 aromatic heterocycles. The average molecular weight is 671 g/mol. The van der Waals surface area contributed by atoms with Gasteiger partial charge >= 0.3 is 6.03 Å². The van der Waals surface area contributed by atoms with Crippen LogP contribution in [0.4, 0.5) is 10.6 Å². The number of likely N-dealkylation sites (tertiary alicyclic amines) is 1. The van der Waals surface area contributed by atoms with E-state index in [0.29, 0.717) is 29.1 Å². The highest BCUT2D eigenvalue weighted by Crippen LogP contribution is 2.48. The summed E-state index contributed by atoms with van der Waals surface area (Å²) in [7, 11) is 1.69. The van der Waals surface area contributed by atoms with Gasteiger partial charge in [-0.3, -0.25) is 19.5 Å². The highest BCUT2D eigenvalue weighted by Gasteiger charge is 2.40. The van der Waals surface area contributed by atoms with Crippen LogP contribution < -0.4 is 10.2 Å². The lowest BCUT2D eigenvalue weighted by Crippen LogP contribution is -2.55. The number of H-pyrrole nitrogens is 1. The normalized spacial score (nSPS) is 21.2. The van der Waals surface area contributed by atoms with E-state index in [1.165, 1.54) is 6.08 Å². The molecule has 0 radical (unpaired) electrons. The van der Waals surface area contributed by atoms with Gasteiger partial charge in [0.1, 0.15) is 0 Å². The first-order valence-electron chi connectivity index (χ1n) is 16.3. The number of anilines is 1. The molecule has 46 heavy (non-hydrogen) atoms. The molecule has 1 atom stereocenters. The summed E-state index contributed by atoms with van der Waals surface area (Å²) in [5.41, 5.74) is 3.52. The maximum atomic E-state index is 12.3. The van der Waals surface area contributed by atoms with E-state index >= 15 is 0 Å². The van der Waals surface area contributed by atoms with E-state index in [1.807, 2.05) is 22.1 Å². The molecule has 0 unspecified atom stereocenters. The fourth-order valence-corrected chi connectivity index (χ4v) is 8.27. The van der Waals surface area contributed by atoms with E-state index in [0.717, 1.165) is 98.5 Å². The zero-order chi connectivity index (χ0) is 32.7. The molecule has 248 valence electrons. The summed E-state index contributed by atoms with van der Waals surface area (Å²) in [6.45, 7) is 16.9. The predicted octanol–water partition coefficient (Wildman–Crippen LogP) is 5.34. The van der Waals surface area contributed by atoms with Crippen molar-refractivity contribution in [1.29, 1.82) is 0 Å². The van der Waals surface area contributed by atoms with Crippen LogP contribution >= 0.6 is 23.2 Å². The third-order valence-electron chi connectivity index (χ3n) is 10.2. The van der Waals surface area contributed by atoms with Crippen molar-refractivity contribution in [2.24, 2.45) is 5.92 Å². The number of aromatic amines is 1.